The molecule has 0 spiro atoms. The van der Waals surface area contributed by atoms with E-state index in [4.69, 9.17) is 0 Å². The molecule has 1 unspecified atom stereocenters. The highest BCUT2D eigenvalue weighted by Gasteiger charge is 2.28. The summed E-state index contributed by atoms with van der Waals surface area (Å²) in [6.07, 6.45) is 0.992. The van der Waals surface area contributed by atoms with Crippen molar-refractivity contribution in [3.05, 3.63) is 71.7 Å². The molecule has 0 aliphatic carbocycles. The smallest absolute Gasteiger partial charge is 0.229 e. The van der Waals surface area contributed by atoms with Gasteiger partial charge in [0, 0.05) is 29.2 Å². The topological polar surface area (TPSA) is 41.1 Å². The zero-order valence-corrected chi connectivity index (χ0v) is 14.2. The number of aryl methyl sites for hydroxylation is 1. The fourth-order valence-corrected chi connectivity index (χ4v) is 3.34. The minimum absolute atomic E-state index is 0.292. The molecule has 3 aromatic rings. The average molecular weight is 334 g/mol. The zero-order chi connectivity index (χ0) is 17.4. The molecule has 0 radical (unpaired) electrons. The van der Waals surface area contributed by atoms with Gasteiger partial charge in [0.05, 0.1) is 0 Å². The molecule has 0 saturated carbocycles. The number of rotatable bonds is 3. The van der Waals surface area contributed by atoms with Gasteiger partial charge in [0.2, 0.25) is 5.95 Å². The number of benzene rings is 2. The molecule has 4 rings (SSSR count). The van der Waals surface area contributed by atoms with Gasteiger partial charge in [-0.1, -0.05) is 24.3 Å². The van der Waals surface area contributed by atoms with E-state index in [9.17, 15) is 4.39 Å². The molecule has 0 amide bonds. The van der Waals surface area contributed by atoms with Crippen molar-refractivity contribution in [3.63, 3.8) is 0 Å². The Morgan fingerprint density at radius 2 is 1.92 bits per heavy atom. The van der Waals surface area contributed by atoms with Gasteiger partial charge in [-0.05, 0) is 50.1 Å². The van der Waals surface area contributed by atoms with Crippen molar-refractivity contribution in [2.45, 2.75) is 26.3 Å². The van der Waals surface area contributed by atoms with Gasteiger partial charge in [-0.3, -0.25) is 0 Å². The summed E-state index contributed by atoms with van der Waals surface area (Å²) >= 11 is 0. The molecule has 1 aliphatic heterocycles. The Hall–Kier alpha value is -2.95. The third-order valence-corrected chi connectivity index (χ3v) is 4.38. The maximum atomic E-state index is 13.4. The summed E-state index contributed by atoms with van der Waals surface area (Å²) in [7, 11) is 0. The second-order valence-corrected chi connectivity index (χ2v) is 6.38. The first kappa shape index (κ1) is 15.6. The zero-order valence-electron chi connectivity index (χ0n) is 14.2. The summed E-state index contributed by atoms with van der Waals surface area (Å²) in [6, 6.07) is 17.0. The van der Waals surface area contributed by atoms with Gasteiger partial charge < -0.3 is 10.2 Å². The van der Waals surface area contributed by atoms with Crippen LogP contribution in [0.5, 0.6) is 0 Å². The molecule has 1 aliphatic rings. The highest BCUT2D eigenvalue weighted by molar-refractivity contribution is 5.70. The van der Waals surface area contributed by atoms with E-state index < -0.39 is 0 Å². The van der Waals surface area contributed by atoms with Crippen molar-refractivity contribution in [2.75, 3.05) is 10.2 Å². The molecule has 126 valence electrons. The van der Waals surface area contributed by atoms with E-state index in [0.29, 0.717) is 17.7 Å². The number of fused-ring (bicyclic) bond motifs is 1. The maximum Gasteiger partial charge on any atom is 0.229 e. The Morgan fingerprint density at radius 1 is 1.08 bits per heavy atom. The number of halogens is 1. The minimum atomic E-state index is -0.292. The number of nitrogens with one attached hydrogen (secondary N) is 1. The van der Waals surface area contributed by atoms with E-state index >= 15 is 0 Å². The number of aromatic nitrogens is 2. The lowest BCUT2D eigenvalue weighted by molar-refractivity contribution is 0.628. The van der Waals surface area contributed by atoms with Gasteiger partial charge in [-0.2, -0.15) is 4.98 Å². The van der Waals surface area contributed by atoms with Crippen LogP contribution >= 0.6 is 0 Å². The highest BCUT2D eigenvalue weighted by atomic mass is 19.1. The van der Waals surface area contributed by atoms with Crippen molar-refractivity contribution in [2.24, 2.45) is 0 Å². The van der Waals surface area contributed by atoms with Gasteiger partial charge in [0.1, 0.15) is 11.6 Å². The van der Waals surface area contributed by atoms with Crippen molar-refractivity contribution < 1.29 is 4.39 Å². The maximum absolute atomic E-state index is 13.4. The van der Waals surface area contributed by atoms with E-state index in [1.807, 2.05) is 19.1 Å². The predicted octanol–water partition coefficient (Wildman–Crippen LogP) is 4.75. The number of nitrogens with zero attached hydrogens (tertiary/aromatic N) is 3. The summed E-state index contributed by atoms with van der Waals surface area (Å²) in [5.74, 6) is 1.03. The van der Waals surface area contributed by atoms with Gasteiger partial charge in [0.15, 0.2) is 0 Å². The molecule has 2 aromatic carbocycles. The number of anilines is 4. The molecule has 5 heteroatoms. The molecule has 1 aromatic heterocycles. The van der Waals surface area contributed by atoms with Crippen molar-refractivity contribution in [3.8, 4) is 0 Å². The number of hydrogen-bond acceptors (Lipinski definition) is 4. The van der Waals surface area contributed by atoms with Crippen LogP contribution in [0.3, 0.4) is 0 Å². The lowest BCUT2D eigenvalue weighted by Crippen LogP contribution is -2.25. The summed E-state index contributed by atoms with van der Waals surface area (Å²) in [5, 5.41) is 3.10. The van der Waals surface area contributed by atoms with E-state index in [0.717, 1.165) is 17.9 Å². The Balaban J connectivity index is 1.71. The summed E-state index contributed by atoms with van der Waals surface area (Å²) in [4.78, 5) is 11.3. The van der Waals surface area contributed by atoms with E-state index in [-0.39, 0.29) is 5.82 Å². The van der Waals surface area contributed by atoms with Crippen molar-refractivity contribution >= 4 is 23.1 Å². The largest absolute Gasteiger partial charge is 0.324 e. The molecule has 2 heterocycles. The third kappa shape index (κ3) is 3.05. The lowest BCUT2D eigenvalue weighted by atomic mass is 10.1. The molecular weight excluding hydrogens is 315 g/mol. The SMILES string of the molecule is Cc1cc(N2c3ccccc3CC2C)nc(Nc2cccc(F)c2)n1. The van der Waals surface area contributed by atoms with Crippen LogP contribution in [-0.2, 0) is 6.42 Å². The normalized spacial score (nSPS) is 16.0. The third-order valence-electron chi connectivity index (χ3n) is 4.38. The minimum Gasteiger partial charge on any atom is -0.324 e. The molecule has 25 heavy (non-hydrogen) atoms. The average Bonchev–Trinajstić information content (AvgIpc) is 2.90. The highest BCUT2D eigenvalue weighted by Crippen LogP contribution is 2.37. The molecule has 4 nitrogen and oxygen atoms in total. The molecule has 0 bridgehead atoms. The Bertz CT molecular complexity index is 925. The van der Waals surface area contributed by atoms with Gasteiger partial charge in [-0.25, -0.2) is 9.37 Å². The first-order valence-electron chi connectivity index (χ1n) is 8.35. The lowest BCUT2D eigenvalue weighted by Gasteiger charge is -2.24. The van der Waals surface area contributed by atoms with E-state index in [2.05, 4.69) is 45.3 Å². The van der Waals surface area contributed by atoms with Gasteiger partial charge in [-0.15, -0.1) is 0 Å². The Morgan fingerprint density at radius 3 is 2.76 bits per heavy atom. The fraction of sp³-hybridized carbons (Fsp3) is 0.200. The summed E-state index contributed by atoms with van der Waals surface area (Å²) in [6.45, 7) is 4.13. The van der Waals surface area contributed by atoms with Crippen LogP contribution in [-0.4, -0.2) is 16.0 Å². The first-order valence-corrected chi connectivity index (χ1v) is 8.35. The second kappa shape index (κ2) is 6.16. The van der Waals surface area contributed by atoms with Crippen LogP contribution < -0.4 is 10.2 Å². The Kier molecular flexibility index (Phi) is 3.84. The Labute approximate surface area is 146 Å². The molecule has 1 N–H and O–H groups in total. The molecule has 0 fully saturated rings. The van der Waals surface area contributed by atoms with Crippen molar-refractivity contribution in [1.29, 1.82) is 0 Å². The first-order chi connectivity index (χ1) is 12.1. The van der Waals surface area contributed by atoms with Crippen LogP contribution in [0.4, 0.5) is 27.5 Å². The van der Waals surface area contributed by atoms with Crippen LogP contribution in [0.25, 0.3) is 0 Å². The quantitative estimate of drug-likeness (QED) is 0.750. The summed E-state index contributed by atoms with van der Waals surface area (Å²) < 4.78 is 13.4. The standard InChI is InChI=1S/C20H19FN4/c1-13-10-19(25-14(2)11-15-6-3-4-9-18(15)25)24-20(22-13)23-17-8-5-7-16(21)12-17/h3-10,12,14H,11H2,1-2H3,(H,22,23,24). The molecule has 1 atom stereocenters. The van der Waals surface area contributed by atoms with Crippen LogP contribution in [0, 0.1) is 12.7 Å². The second-order valence-electron chi connectivity index (χ2n) is 6.38. The van der Waals surface area contributed by atoms with Crippen LogP contribution in [0.1, 0.15) is 18.2 Å². The fourth-order valence-electron chi connectivity index (χ4n) is 3.34. The number of hydrogen-bond donors (Lipinski definition) is 1. The van der Waals surface area contributed by atoms with E-state index in [1.54, 1.807) is 12.1 Å². The van der Waals surface area contributed by atoms with Gasteiger partial charge >= 0.3 is 0 Å². The monoisotopic (exact) mass is 334 g/mol. The van der Waals surface area contributed by atoms with Gasteiger partial charge in [0.25, 0.3) is 0 Å². The van der Waals surface area contributed by atoms with Crippen LogP contribution in [0.15, 0.2) is 54.6 Å². The number of para-hydroxylation sites is 1. The van der Waals surface area contributed by atoms with Crippen molar-refractivity contribution in [1.82, 2.24) is 9.97 Å². The predicted molar refractivity (Wildman–Crippen MR) is 98.2 cm³/mol. The van der Waals surface area contributed by atoms with Crippen LogP contribution in [0.2, 0.25) is 0 Å². The molecular formula is C20H19FN4. The van der Waals surface area contributed by atoms with E-state index in [1.165, 1.54) is 23.4 Å². The summed E-state index contributed by atoms with van der Waals surface area (Å²) in [5.41, 5.74) is 4.00. The molecule has 0 saturated heterocycles.